The van der Waals surface area contributed by atoms with Crippen LogP contribution in [-0.4, -0.2) is 42.5 Å². The number of aromatic nitrogens is 1. The highest BCUT2D eigenvalue weighted by atomic mass is 35.5. The van der Waals surface area contributed by atoms with E-state index in [1.807, 2.05) is 5.38 Å². The van der Waals surface area contributed by atoms with Crippen LogP contribution in [0.3, 0.4) is 0 Å². The molecule has 1 amide bonds. The van der Waals surface area contributed by atoms with Crippen molar-refractivity contribution in [2.75, 3.05) is 26.7 Å². The van der Waals surface area contributed by atoms with E-state index >= 15 is 0 Å². The van der Waals surface area contributed by atoms with Gasteiger partial charge in [-0.3, -0.25) is 4.79 Å². The average molecular weight is 316 g/mol. The zero-order valence-corrected chi connectivity index (χ0v) is 13.7. The Labute approximate surface area is 129 Å². The third-order valence-corrected chi connectivity index (χ3v) is 5.13. The number of amides is 1. The number of alkyl halides is 1. The molecule has 1 saturated heterocycles. The molecule has 4 nitrogen and oxygen atoms in total. The molecule has 1 aliphatic heterocycles. The molecule has 0 radical (unpaired) electrons. The Morgan fingerprint density at radius 2 is 2.25 bits per heavy atom. The third-order valence-electron chi connectivity index (χ3n) is 3.95. The molecule has 0 aliphatic carbocycles. The number of halogens is 1. The quantitative estimate of drug-likeness (QED) is 0.848. The van der Waals surface area contributed by atoms with Crippen LogP contribution in [0, 0.1) is 5.41 Å². The molecule has 1 aliphatic rings. The lowest BCUT2D eigenvalue weighted by Gasteiger charge is -2.37. The number of hydrogen-bond donors (Lipinski definition) is 1. The maximum Gasteiger partial charge on any atom is 0.226 e. The maximum absolute atomic E-state index is 12.0. The Hall–Kier alpha value is -0.650. The van der Waals surface area contributed by atoms with E-state index < -0.39 is 0 Å². The van der Waals surface area contributed by atoms with Crippen molar-refractivity contribution in [3.8, 4) is 0 Å². The van der Waals surface area contributed by atoms with Gasteiger partial charge in [0, 0.05) is 11.9 Å². The van der Waals surface area contributed by atoms with Crippen LogP contribution in [0.25, 0.3) is 0 Å². The summed E-state index contributed by atoms with van der Waals surface area (Å²) in [5.74, 6) is 0.463. The second kappa shape index (κ2) is 6.87. The summed E-state index contributed by atoms with van der Waals surface area (Å²) in [6, 6.07) is 0. The molecule has 1 aromatic heterocycles. The number of piperidine rings is 1. The third kappa shape index (κ3) is 4.43. The fourth-order valence-corrected chi connectivity index (χ4v) is 3.36. The van der Waals surface area contributed by atoms with Gasteiger partial charge in [0.1, 0.15) is 5.01 Å². The molecule has 1 fully saturated rings. The van der Waals surface area contributed by atoms with Gasteiger partial charge >= 0.3 is 0 Å². The summed E-state index contributed by atoms with van der Waals surface area (Å²) in [5.41, 5.74) is 1.08. The number of nitrogens with zero attached hydrogens (tertiary/aromatic N) is 2. The molecule has 0 aromatic carbocycles. The average Bonchev–Trinajstić information content (AvgIpc) is 2.88. The number of rotatable bonds is 5. The van der Waals surface area contributed by atoms with E-state index in [-0.39, 0.29) is 11.3 Å². The molecule has 0 bridgehead atoms. The van der Waals surface area contributed by atoms with Crippen molar-refractivity contribution in [2.24, 2.45) is 5.41 Å². The van der Waals surface area contributed by atoms with Gasteiger partial charge in [-0.15, -0.1) is 22.9 Å². The SMILES string of the molecule is CN1CCC(C)(CNC(=O)Cc2nc(CCl)cs2)CC1. The first-order valence-electron chi connectivity index (χ1n) is 6.95. The van der Waals surface area contributed by atoms with Crippen molar-refractivity contribution in [2.45, 2.75) is 32.1 Å². The van der Waals surface area contributed by atoms with E-state index in [0.717, 1.165) is 43.2 Å². The molecule has 112 valence electrons. The topological polar surface area (TPSA) is 45.2 Å². The van der Waals surface area contributed by atoms with Crippen LogP contribution in [0.5, 0.6) is 0 Å². The first kappa shape index (κ1) is 15.7. The minimum absolute atomic E-state index is 0.0561. The van der Waals surface area contributed by atoms with Crippen LogP contribution in [-0.2, 0) is 17.1 Å². The fourth-order valence-electron chi connectivity index (χ4n) is 2.34. The second-order valence-electron chi connectivity index (χ2n) is 5.93. The monoisotopic (exact) mass is 315 g/mol. The molecule has 20 heavy (non-hydrogen) atoms. The normalized spacial score (nSPS) is 18.9. The molecule has 2 rings (SSSR count). The van der Waals surface area contributed by atoms with Gasteiger partial charge in [-0.2, -0.15) is 0 Å². The number of likely N-dealkylation sites (tertiary alicyclic amines) is 1. The van der Waals surface area contributed by atoms with E-state index in [2.05, 4.69) is 29.2 Å². The Morgan fingerprint density at radius 1 is 1.55 bits per heavy atom. The van der Waals surface area contributed by atoms with Crippen molar-refractivity contribution in [1.82, 2.24) is 15.2 Å². The van der Waals surface area contributed by atoms with Crippen LogP contribution in [0.15, 0.2) is 5.38 Å². The highest BCUT2D eigenvalue weighted by molar-refractivity contribution is 7.09. The molecule has 2 heterocycles. The zero-order chi connectivity index (χ0) is 14.6. The van der Waals surface area contributed by atoms with Crippen molar-refractivity contribution in [3.63, 3.8) is 0 Å². The van der Waals surface area contributed by atoms with Gasteiger partial charge < -0.3 is 10.2 Å². The van der Waals surface area contributed by atoms with Crippen LogP contribution in [0.4, 0.5) is 0 Å². The standard InChI is InChI=1S/C14H22ClN3OS/c1-14(3-5-18(2)6-4-14)10-16-12(19)7-13-17-11(8-15)9-20-13/h9H,3-8,10H2,1-2H3,(H,16,19). The zero-order valence-electron chi connectivity index (χ0n) is 12.1. The van der Waals surface area contributed by atoms with E-state index in [0.29, 0.717) is 12.3 Å². The summed E-state index contributed by atoms with van der Waals surface area (Å²) in [6.07, 6.45) is 2.63. The minimum atomic E-state index is 0.0561. The summed E-state index contributed by atoms with van der Waals surface area (Å²) in [5, 5.41) is 5.81. The first-order chi connectivity index (χ1) is 9.50. The van der Waals surface area contributed by atoms with Gasteiger partial charge in [-0.25, -0.2) is 4.98 Å². The van der Waals surface area contributed by atoms with Crippen molar-refractivity contribution in [1.29, 1.82) is 0 Å². The summed E-state index contributed by atoms with van der Waals surface area (Å²) < 4.78 is 0. The number of nitrogens with one attached hydrogen (secondary N) is 1. The minimum Gasteiger partial charge on any atom is -0.355 e. The molecule has 0 unspecified atom stereocenters. The Balaban J connectivity index is 1.77. The molecule has 0 saturated carbocycles. The summed E-state index contributed by atoms with van der Waals surface area (Å²) in [7, 11) is 2.15. The van der Waals surface area contributed by atoms with Gasteiger partial charge in [0.05, 0.1) is 18.0 Å². The summed E-state index contributed by atoms with van der Waals surface area (Å²) in [4.78, 5) is 18.6. The van der Waals surface area contributed by atoms with Gasteiger partial charge in [0.25, 0.3) is 0 Å². The summed E-state index contributed by atoms with van der Waals surface area (Å²) in [6.45, 7) is 5.23. The van der Waals surface area contributed by atoms with Gasteiger partial charge in [0.15, 0.2) is 0 Å². The molecule has 6 heteroatoms. The van der Waals surface area contributed by atoms with Crippen LogP contribution in [0.1, 0.15) is 30.5 Å². The Kier molecular flexibility index (Phi) is 5.41. The van der Waals surface area contributed by atoms with Crippen molar-refractivity contribution >= 4 is 28.8 Å². The molecule has 1 aromatic rings. The lowest BCUT2D eigenvalue weighted by Crippen LogP contribution is -2.43. The van der Waals surface area contributed by atoms with Crippen molar-refractivity contribution < 1.29 is 4.79 Å². The molecular formula is C14H22ClN3OS. The number of thiazole rings is 1. The fraction of sp³-hybridized carbons (Fsp3) is 0.714. The molecular weight excluding hydrogens is 294 g/mol. The van der Waals surface area contributed by atoms with E-state index in [4.69, 9.17) is 11.6 Å². The molecule has 0 spiro atoms. The van der Waals surface area contributed by atoms with Crippen LogP contribution in [0.2, 0.25) is 0 Å². The lowest BCUT2D eigenvalue weighted by atomic mass is 9.80. The predicted molar refractivity (Wildman–Crippen MR) is 83.2 cm³/mol. The van der Waals surface area contributed by atoms with Crippen LogP contribution >= 0.6 is 22.9 Å². The first-order valence-corrected chi connectivity index (χ1v) is 8.37. The number of carbonyl (C=O) groups excluding carboxylic acids is 1. The smallest absolute Gasteiger partial charge is 0.226 e. The predicted octanol–water partition coefficient (Wildman–Crippen LogP) is 2.27. The number of hydrogen-bond acceptors (Lipinski definition) is 4. The highest BCUT2D eigenvalue weighted by Crippen LogP contribution is 2.29. The molecule has 1 N–H and O–H groups in total. The van der Waals surface area contributed by atoms with Gasteiger partial charge in [-0.1, -0.05) is 6.92 Å². The Morgan fingerprint density at radius 3 is 2.85 bits per heavy atom. The highest BCUT2D eigenvalue weighted by Gasteiger charge is 2.29. The Bertz CT molecular complexity index is 455. The maximum atomic E-state index is 12.0. The second-order valence-corrected chi connectivity index (χ2v) is 7.14. The lowest BCUT2D eigenvalue weighted by molar-refractivity contribution is -0.121. The van der Waals surface area contributed by atoms with Gasteiger partial charge in [0.2, 0.25) is 5.91 Å². The van der Waals surface area contributed by atoms with Gasteiger partial charge in [-0.05, 0) is 38.4 Å². The van der Waals surface area contributed by atoms with Crippen LogP contribution < -0.4 is 5.32 Å². The number of carbonyl (C=O) groups is 1. The van der Waals surface area contributed by atoms with Crippen molar-refractivity contribution in [3.05, 3.63) is 16.1 Å². The molecule has 0 atom stereocenters. The van der Waals surface area contributed by atoms with E-state index in [1.54, 1.807) is 0 Å². The largest absolute Gasteiger partial charge is 0.355 e. The van der Waals surface area contributed by atoms with E-state index in [1.165, 1.54) is 11.3 Å². The van der Waals surface area contributed by atoms with E-state index in [9.17, 15) is 4.79 Å². The summed E-state index contributed by atoms with van der Waals surface area (Å²) >= 11 is 7.21.